The molecule has 0 spiro atoms. The standard InChI is InChI=1S/C68H78N2O2S4/c1-7-13-17-19-27-47-33-35-59(73-47)61-39-37-57(75-61)53-41-55-63(67(71)69(43-45(11-5)25-15-9-3)65(55)51-31-23-21-29-49(51)53)64-56-42-54(58-38-40-62(76-58)60-36-34-48(74-60)28-20-18-14-8-2)50-30-22-24-32-52(50)66(56)70(68(64)72)44-46(12-6)26-16-10-4/h21-24,29-42,45-46H,7-20,25-28,43-44H2,1-6H3/b64-63+/t45-,46+. The Balaban J connectivity index is 1.16. The summed E-state index contributed by atoms with van der Waals surface area (Å²) in [5.74, 6) is 0.569. The van der Waals surface area contributed by atoms with Crippen molar-refractivity contribution < 1.29 is 9.59 Å². The first-order chi connectivity index (χ1) is 37.3. The summed E-state index contributed by atoms with van der Waals surface area (Å²) in [6.45, 7) is 14.8. The lowest BCUT2D eigenvalue weighted by atomic mass is 9.90. The van der Waals surface area contributed by atoms with E-state index in [9.17, 15) is 0 Å². The molecule has 2 atom stereocenters. The van der Waals surface area contributed by atoms with E-state index in [0.717, 1.165) is 119 Å². The van der Waals surface area contributed by atoms with Crippen LogP contribution in [-0.2, 0) is 22.4 Å². The molecule has 0 saturated carbocycles. The highest BCUT2D eigenvalue weighted by Crippen LogP contribution is 2.55. The van der Waals surface area contributed by atoms with Crippen LogP contribution in [0.2, 0.25) is 0 Å². The first kappa shape index (κ1) is 54.2. The Labute approximate surface area is 469 Å². The van der Waals surface area contributed by atoms with Gasteiger partial charge in [0.1, 0.15) is 0 Å². The number of benzene rings is 4. The monoisotopic (exact) mass is 1080 g/mol. The summed E-state index contributed by atoms with van der Waals surface area (Å²) in [4.78, 5) is 46.9. The van der Waals surface area contributed by atoms with E-state index < -0.39 is 0 Å². The highest BCUT2D eigenvalue weighted by molar-refractivity contribution is 7.24. The quantitative estimate of drug-likeness (QED) is 0.0400. The third kappa shape index (κ3) is 11.1. The molecule has 2 amide bonds. The highest BCUT2D eigenvalue weighted by Gasteiger charge is 2.45. The Hall–Kier alpha value is -5.12. The molecule has 10 rings (SSSR count). The van der Waals surface area contributed by atoms with Crippen molar-refractivity contribution in [2.75, 3.05) is 22.9 Å². The molecule has 0 aliphatic carbocycles. The Bertz CT molecular complexity index is 3120. The van der Waals surface area contributed by atoms with Gasteiger partial charge in [-0.1, -0.05) is 167 Å². The van der Waals surface area contributed by atoms with Crippen molar-refractivity contribution in [3.8, 4) is 40.4 Å². The fraction of sp³-hybridized carbons (Fsp3) is 0.412. The van der Waals surface area contributed by atoms with Crippen molar-refractivity contribution >= 4 is 101 Å². The van der Waals surface area contributed by atoms with E-state index in [2.05, 4.69) is 161 Å². The van der Waals surface area contributed by atoms with E-state index in [1.54, 1.807) is 0 Å². The summed E-state index contributed by atoms with van der Waals surface area (Å²) in [6.07, 6.45) is 21.0. The lowest BCUT2D eigenvalue weighted by molar-refractivity contribution is -0.114. The molecule has 396 valence electrons. The number of aryl methyl sites for hydroxylation is 2. The van der Waals surface area contributed by atoms with Crippen LogP contribution < -0.4 is 9.80 Å². The molecule has 0 radical (unpaired) electrons. The number of thiophene rings is 4. The van der Waals surface area contributed by atoms with E-state index in [-0.39, 0.29) is 11.8 Å². The minimum Gasteiger partial charge on any atom is -0.307 e. The number of carbonyl (C=O) groups excluding carboxylic acids is 2. The molecule has 4 aromatic carbocycles. The predicted molar refractivity (Wildman–Crippen MR) is 335 cm³/mol. The maximum absolute atomic E-state index is 16.1. The van der Waals surface area contributed by atoms with Crippen LogP contribution in [0.25, 0.3) is 73.1 Å². The number of amides is 2. The van der Waals surface area contributed by atoms with Gasteiger partial charge in [0.05, 0.1) is 22.5 Å². The summed E-state index contributed by atoms with van der Waals surface area (Å²) >= 11 is 7.53. The number of hydrogen-bond acceptors (Lipinski definition) is 6. The average molecular weight is 1080 g/mol. The molecule has 4 aromatic heterocycles. The molecule has 4 nitrogen and oxygen atoms in total. The van der Waals surface area contributed by atoms with E-state index in [4.69, 9.17) is 0 Å². The normalized spacial score (nSPS) is 15.2. The van der Waals surface area contributed by atoms with Gasteiger partial charge >= 0.3 is 0 Å². The SMILES string of the molecule is CCCCCCc1ccc(-c2ccc(-c3cc4c(c5ccccc35)N(C[C@H](CC)CCCC)C(=O)/C4=C3/C(=O)N(C[C@@H](CC)CCCC)c4c3cc(-c3ccc(-c5ccc(CCCCCC)s5)s3)c3ccccc43)s2)s1. The number of anilines is 2. The summed E-state index contributed by atoms with van der Waals surface area (Å²) in [6, 6.07) is 40.4. The Kier molecular flexibility index (Phi) is 17.9. The van der Waals surface area contributed by atoms with E-state index >= 15 is 9.59 Å². The molecule has 0 bridgehead atoms. The van der Waals surface area contributed by atoms with Gasteiger partial charge in [0.2, 0.25) is 0 Å². The highest BCUT2D eigenvalue weighted by atomic mass is 32.1. The minimum atomic E-state index is -0.0466. The molecule has 2 aliphatic heterocycles. The summed E-state index contributed by atoms with van der Waals surface area (Å²) < 4.78 is 0. The van der Waals surface area contributed by atoms with Crippen LogP contribution in [0, 0.1) is 11.8 Å². The lowest BCUT2D eigenvalue weighted by Crippen LogP contribution is -2.34. The zero-order valence-electron chi connectivity index (χ0n) is 46.0. The van der Waals surface area contributed by atoms with Crippen LogP contribution in [0.1, 0.15) is 165 Å². The molecule has 6 heterocycles. The molecular weight excluding hydrogens is 1010 g/mol. The molecule has 2 aliphatic rings. The molecule has 0 unspecified atom stereocenters. The molecule has 8 heteroatoms. The van der Waals surface area contributed by atoms with E-state index in [1.165, 1.54) is 90.4 Å². The van der Waals surface area contributed by atoms with Crippen LogP contribution in [0.5, 0.6) is 0 Å². The fourth-order valence-corrected chi connectivity index (χ4v) is 16.3. The molecule has 0 saturated heterocycles. The van der Waals surface area contributed by atoms with E-state index in [0.29, 0.717) is 36.1 Å². The van der Waals surface area contributed by atoms with Gasteiger partial charge in [0.15, 0.2) is 0 Å². The van der Waals surface area contributed by atoms with Crippen molar-refractivity contribution in [2.45, 2.75) is 157 Å². The third-order valence-corrected chi connectivity index (χ3v) is 21.3. The van der Waals surface area contributed by atoms with Crippen molar-refractivity contribution in [2.24, 2.45) is 11.8 Å². The second kappa shape index (κ2) is 25.1. The van der Waals surface area contributed by atoms with Gasteiger partial charge in [-0.05, 0) is 122 Å². The summed E-state index contributed by atoms with van der Waals surface area (Å²) in [7, 11) is 0. The summed E-state index contributed by atoms with van der Waals surface area (Å²) in [5.41, 5.74) is 7.03. The maximum atomic E-state index is 16.1. The first-order valence-electron chi connectivity index (χ1n) is 29.2. The molecule has 8 aromatic rings. The largest absolute Gasteiger partial charge is 0.307 e. The molecule has 0 fully saturated rings. The van der Waals surface area contributed by atoms with Crippen LogP contribution in [0.4, 0.5) is 11.4 Å². The van der Waals surface area contributed by atoms with Crippen LogP contribution in [0.3, 0.4) is 0 Å². The summed E-state index contributed by atoms with van der Waals surface area (Å²) in [5, 5.41) is 4.42. The fourth-order valence-electron chi connectivity index (χ4n) is 11.9. The lowest BCUT2D eigenvalue weighted by Gasteiger charge is -2.25. The average Bonchev–Trinajstić information content (AvgIpc) is 4.35. The number of hydrogen-bond donors (Lipinski definition) is 0. The van der Waals surface area contributed by atoms with Gasteiger partial charge in [0.25, 0.3) is 11.8 Å². The van der Waals surface area contributed by atoms with Crippen molar-refractivity contribution in [3.05, 3.63) is 130 Å². The number of carbonyl (C=O) groups is 2. The third-order valence-electron chi connectivity index (χ3n) is 16.4. The Morgan fingerprint density at radius 3 is 1.14 bits per heavy atom. The van der Waals surface area contributed by atoms with Crippen molar-refractivity contribution in [1.82, 2.24) is 0 Å². The second-order valence-corrected chi connectivity index (χ2v) is 26.1. The Morgan fingerprint density at radius 1 is 0.382 bits per heavy atom. The second-order valence-electron chi connectivity index (χ2n) is 21.6. The number of rotatable bonds is 26. The maximum Gasteiger partial charge on any atom is 0.259 e. The zero-order valence-corrected chi connectivity index (χ0v) is 49.3. The van der Waals surface area contributed by atoms with Crippen LogP contribution >= 0.6 is 45.3 Å². The predicted octanol–water partition coefficient (Wildman–Crippen LogP) is 21.2. The molecule has 0 N–H and O–H groups in total. The van der Waals surface area contributed by atoms with Gasteiger partial charge in [-0.3, -0.25) is 9.59 Å². The van der Waals surface area contributed by atoms with Gasteiger partial charge in [0, 0.05) is 85.1 Å². The van der Waals surface area contributed by atoms with E-state index in [1.807, 2.05) is 45.3 Å². The van der Waals surface area contributed by atoms with Gasteiger partial charge in [-0.2, -0.15) is 0 Å². The number of nitrogens with zero attached hydrogens (tertiary/aromatic N) is 2. The van der Waals surface area contributed by atoms with Gasteiger partial charge < -0.3 is 9.80 Å². The topological polar surface area (TPSA) is 40.6 Å². The van der Waals surface area contributed by atoms with Crippen LogP contribution in [-0.4, -0.2) is 24.9 Å². The van der Waals surface area contributed by atoms with Gasteiger partial charge in [-0.15, -0.1) is 45.3 Å². The smallest absolute Gasteiger partial charge is 0.259 e. The molecular formula is C68H78N2O2S4. The zero-order chi connectivity index (χ0) is 52.7. The number of fused-ring (bicyclic) bond motifs is 6. The first-order valence-corrected chi connectivity index (χ1v) is 32.4. The van der Waals surface area contributed by atoms with Crippen LogP contribution in [0.15, 0.2) is 109 Å². The van der Waals surface area contributed by atoms with Crippen molar-refractivity contribution in [3.63, 3.8) is 0 Å². The molecule has 76 heavy (non-hydrogen) atoms. The minimum absolute atomic E-state index is 0.0466. The Morgan fingerprint density at radius 2 is 0.750 bits per heavy atom. The van der Waals surface area contributed by atoms with Gasteiger partial charge in [-0.25, -0.2) is 0 Å². The number of unbranched alkanes of at least 4 members (excludes halogenated alkanes) is 8. The van der Waals surface area contributed by atoms with Crippen molar-refractivity contribution in [1.29, 1.82) is 0 Å².